The first-order valence-corrected chi connectivity index (χ1v) is 6.62. The maximum Gasteiger partial charge on any atom is 0.214 e. The van der Waals surface area contributed by atoms with Gasteiger partial charge in [-0.2, -0.15) is 5.26 Å². The summed E-state index contributed by atoms with van der Waals surface area (Å²) in [6.07, 6.45) is 4.22. The first kappa shape index (κ1) is 12.2. The van der Waals surface area contributed by atoms with Crippen LogP contribution < -0.4 is 0 Å². The summed E-state index contributed by atoms with van der Waals surface area (Å²) in [5, 5.41) is 8.67. The minimum absolute atomic E-state index is 0.322. The molecule has 0 bridgehead atoms. The number of alkyl halides is 1. The second-order valence-electron chi connectivity index (χ2n) is 2.78. The number of pyridine rings is 1. The van der Waals surface area contributed by atoms with Gasteiger partial charge in [-0.25, -0.2) is 9.19 Å². The largest absolute Gasteiger partial charge is 0.247 e. The van der Waals surface area contributed by atoms with Crippen molar-refractivity contribution < 1.29 is 4.21 Å². The first-order valence-electron chi connectivity index (χ1n) is 3.82. The Morgan fingerprint density at radius 3 is 2.80 bits per heavy atom. The van der Waals surface area contributed by atoms with Gasteiger partial charge in [-0.05, 0) is 6.07 Å². The van der Waals surface area contributed by atoms with Crippen LogP contribution in [0.25, 0.3) is 0 Å². The predicted molar refractivity (Wildman–Crippen MR) is 59.9 cm³/mol. The number of halogens is 2. The molecular weight excluding hydrogens is 257 g/mol. The van der Waals surface area contributed by atoms with Crippen molar-refractivity contribution in [3.63, 3.8) is 0 Å². The molecule has 1 aromatic rings. The van der Waals surface area contributed by atoms with Gasteiger partial charge in [0, 0.05) is 18.0 Å². The molecule has 80 valence electrons. The normalized spacial score (nSPS) is 16.1. The van der Waals surface area contributed by atoms with Crippen molar-refractivity contribution in [3.8, 4) is 6.19 Å². The summed E-state index contributed by atoms with van der Waals surface area (Å²) in [5.74, 6) is 0. The number of nitrogens with zero attached hydrogens (tertiary/aromatic N) is 3. The van der Waals surface area contributed by atoms with E-state index in [2.05, 4.69) is 9.35 Å². The lowest BCUT2D eigenvalue weighted by atomic mass is 10.3. The Labute approximate surface area is 98.0 Å². The van der Waals surface area contributed by atoms with Crippen molar-refractivity contribution in [2.75, 3.05) is 6.26 Å². The van der Waals surface area contributed by atoms with E-state index in [4.69, 9.17) is 28.5 Å². The van der Waals surface area contributed by atoms with Gasteiger partial charge in [-0.15, -0.1) is 16.0 Å². The van der Waals surface area contributed by atoms with Gasteiger partial charge in [0.1, 0.15) is 9.86 Å². The molecule has 0 N–H and O–H groups in total. The van der Waals surface area contributed by atoms with Crippen LogP contribution in [0.15, 0.2) is 22.7 Å². The topological polar surface area (TPSA) is 66.1 Å². The van der Waals surface area contributed by atoms with E-state index in [9.17, 15) is 4.21 Å². The third-order valence-electron chi connectivity index (χ3n) is 1.62. The van der Waals surface area contributed by atoms with E-state index < -0.39 is 14.4 Å². The fourth-order valence-electron chi connectivity index (χ4n) is 0.901. The van der Waals surface area contributed by atoms with Crippen molar-refractivity contribution in [1.29, 1.82) is 5.26 Å². The van der Waals surface area contributed by atoms with E-state index >= 15 is 0 Å². The van der Waals surface area contributed by atoms with Gasteiger partial charge in [0.25, 0.3) is 0 Å². The molecule has 1 heterocycles. The van der Waals surface area contributed by atoms with Crippen LogP contribution in [0.1, 0.15) is 10.3 Å². The lowest BCUT2D eigenvalue weighted by Crippen LogP contribution is -2.05. The van der Waals surface area contributed by atoms with E-state index in [0.29, 0.717) is 10.7 Å². The Morgan fingerprint density at radius 1 is 1.67 bits per heavy atom. The Kier molecular flexibility index (Phi) is 3.91. The smallest absolute Gasteiger partial charge is 0.214 e. The van der Waals surface area contributed by atoms with Crippen LogP contribution in [-0.4, -0.2) is 15.4 Å². The summed E-state index contributed by atoms with van der Waals surface area (Å²) >= 11 is 11.5. The fourth-order valence-corrected chi connectivity index (χ4v) is 2.16. The average Bonchev–Trinajstić information content (AvgIpc) is 2.18. The third kappa shape index (κ3) is 3.06. The average molecular weight is 264 g/mol. The lowest BCUT2D eigenvalue weighted by molar-refractivity contribution is 0.679. The number of hydrogen-bond donors (Lipinski definition) is 0. The van der Waals surface area contributed by atoms with E-state index in [-0.39, 0.29) is 0 Å². The number of rotatable bonds is 2. The zero-order valence-electron chi connectivity index (χ0n) is 7.72. The second-order valence-corrected chi connectivity index (χ2v) is 6.24. The number of aromatic nitrogens is 1. The van der Waals surface area contributed by atoms with E-state index in [1.807, 2.05) is 0 Å². The minimum Gasteiger partial charge on any atom is -0.247 e. The summed E-state index contributed by atoms with van der Waals surface area (Å²) in [7, 11) is -2.78. The summed E-state index contributed by atoms with van der Waals surface area (Å²) < 4.78 is 14.2. The van der Waals surface area contributed by atoms with Crippen LogP contribution >= 0.6 is 23.2 Å². The van der Waals surface area contributed by atoms with E-state index in [1.165, 1.54) is 24.7 Å². The summed E-state index contributed by atoms with van der Waals surface area (Å²) in [6, 6.07) is 3.14. The molecule has 15 heavy (non-hydrogen) atoms. The lowest BCUT2D eigenvalue weighted by Gasteiger charge is -2.09. The molecule has 0 saturated heterocycles. The summed E-state index contributed by atoms with van der Waals surface area (Å²) in [4.78, 5) is 3.80. The van der Waals surface area contributed by atoms with Crippen molar-refractivity contribution in [2.24, 2.45) is 4.36 Å². The van der Waals surface area contributed by atoms with Crippen LogP contribution in [0.4, 0.5) is 0 Å². The molecule has 4 nitrogen and oxygen atoms in total. The molecule has 0 aliphatic carbocycles. The van der Waals surface area contributed by atoms with Gasteiger partial charge >= 0.3 is 0 Å². The zero-order chi connectivity index (χ0) is 11.5. The Hall–Kier alpha value is -0.830. The van der Waals surface area contributed by atoms with Crippen molar-refractivity contribution in [2.45, 2.75) is 4.71 Å². The molecule has 0 aliphatic rings. The standard InChI is InChI=1S/C8H7Cl2N3OS/c1-15(14,13-5-11)8(10)6-2-3-7(9)12-4-6/h2-4,8H,1H3/t8-,15?/m0/s1. The van der Waals surface area contributed by atoms with E-state index in [0.717, 1.165) is 0 Å². The molecule has 0 aromatic carbocycles. The van der Waals surface area contributed by atoms with Crippen LogP contribution in [-0.2, 0) is 9.73 Å². The highest BCUT2D eigenvalue weighted by molar-refractivity contribution is 7.94. The SMILES string of the molecule is CS(=O)(=NC#N)[C@H](Cl)c1ccc(Cl)nc1. The van der Waals surface area contributed by atoms with Gasteiger partial charge in [0.05, 0.1) is 9.73 Å². The van der Waals surface area contributed by atoms with Crippen molar-refractivity contribution in [3.05, 3.63) is 29.0 Å². The number of hydrogen-bond acceptors (Lipinski definition) is 4. The molecule has 0 fully saturated rings. The molecule has 0 saturated carbocycles. The minimum atomic E-state index is -2.78. The Bertz CT molecular complexity index is 500. The van der Waals surface area contributed by atoms with Gasteiger partial charge in [-0.1, -0.05) is 17.7 Å². The van der Waals surface area contributed by atoms with Gasteiger partial charge in [-0.3, -0.25) is 0 Å². The molecule has 1 unspecified atom stereocenters. The Morgan fingerprint density at radius 2 is 2.33 bits per heavy atom. The van der Waals surface area contributed by atoms with Crippen molar-refractivity contribution in [1.82, 2.24) is 4.98 Å². The summed E-state index contributed by atoms with van der Waals surface area (Å²) in [5.41, 5.74) is 0.521. The highest BCUT2D eigenvalue weighted by Gasteiger charge is 2.18. The van der Waals surface area contributed by atoms with Crippen LogP contribution in [0, 0.1) is 11.5 Å². The van der Waals surface area contributed by atoms with E-state index in [1.54, 1.807) is 6.07 Å². The molecule has 2 atom stereocenters. The highest BCUT2D eigenvalue weighted by Crippen LogP contribution is 2.27. The van der Waals surface area contributed by atoms with Gasteiger partial charge < -0.3 is 0 Å². The zero-order valence-corrected chi connectivity index (χ0v) is 10.1. The third-order valence-corrected chi connectivity index (χ3v) is 4.57. The molecule has 0 aliphatic heterocycles. The number of nitriles is 1. The monoisotopic (exact) mass is 263 g/mol. The molecule has 1 rings (SSSR count). The van der Waals surface area contributed by atoms with Gasteiger partial charge in [0.15, 0.2) is 0 Å². The van der Waals surface area contributed by atoms with Crippen LogP contribution in [0.5, 0.6) is 0 Å². The predicted octanol–water partition coefficient (Wildman–Crippen LogP) is 2.55. The molecular formula is C8H7Cl2N3OS. The quantitative estimate of drug-likeness (QED) is 0.468. The maximum atomic E-state index is 11.8. The van der Waals surface area contributed by atoms with Crippen LogP contribution in [0.3, 0.4) is 0 Å². The van der Waals surface area contributed by atoms with Crippen LogP contribution in [0.2, 0.25) is 5.15 Å². The van der Waals surface area contributed by atoms with Crippen molar-refractivity contribution >= 4 is 32.9 Å². The molecule has 0 radical (unpaired) electrons. The summed E-state index contributed by atoms with van der Waals surface area (Å²) in [6.45, 7) is 0. The highest BCUT2D eigenvalue weighted by atomic mass is 35.5. The molecule has 0 spiro atoms. The first-order chi connectivity index (χ1) is 6.97. The Balaban J connectivity index is 3.12. The molecule has 0 amide bonds. The fraction of sp³-hybridized carbons (Fsp3) is 0.250. The molecule has 7 heteroatoms. The van der Waals surface area contributed by atoms with Gasteiger partial charge in [0.2, 0.25) is 6.19 Å². The maximum absolute atomic E-state index is 11.8. The second kappa shape index (κ2) is 4.79. The molecule has 1 aromatic heterocycles.